The van der Waals surface area contributed by atoms with E-state index in [2.05, 4.69) is 0 Å². The molecule has 3 nitrogen and oxygen atoms in total. The molecule has 0 radical (unpaired) electrons. The van der Waals surface area contributed by atoms with E-state index in [9.17, 15) is 5.11 Å². The van der Waals surface area contributed by atoms with Crippen molar-refractivity contribution >= 4 is 0 Å². The summed E-state index contributed by atoms with van der Waals surface area (Å²) in [6.45, 7) is 3.03. The highest BCUT2D eigenvalue weighted by molar-refractivity contribution is 5.13. The lowest BCUT2D eigenvalue weighted by Gasteiger charge is -2.14. The Labute approximate surface area is 96.7 Å². The first kappa shape index (κ1) is 13.2. The summed E-state index contributed by atoms with van der Waals surface area (Å²) >= 11 is 0. The average Bonchev–Trinajstić information content (AvgIpc) is 2.30. The summed E-state index contributed by atoms with van der Waals surface area (Å²) in [7, 11) is 0. The van der Waals surface area contributed by atoms with Gasteiger partial charge in [0, 0.05) is 6.61 Å². The SMILES string of the molecule is C[C@@H](COCc1ccccc1)C[C@H](O)CO. The third-order valence-electron chi connectivity index (χ3n) is 2.40. The number of hydrogen-bond donors (Lipinski definition) is 2. The minimum absolute atomic E-state index is 0.178. The van der Waals surface area contributed by atoms with Gasteiger partial charge in [-0.15, -0.1) is 0 Å². The first-order valence-corrected chi connectivity index (χ1v) is 5.63. The van der Waals surface area contributed by atoms with Crippen LogP contribution < -0.4 is 0 Å². The first-order valence-electron chi connectivity index (χ1n) is 5.63. The molecule has 0 spiro atoms. The molecule has 0 aliphatic carbocycles. The highest BCUT2D eigenvalue weighted by Crippen LogP contribution is 2.08. The Bertz CT molecular complexity index is 274. The van der Waals surface area contributed by atoms with E-state index in [-0.39, 0.29) is 12.5 Å². The number of benzene rings is 1. The van der Waals surface area contributed by atoms with Crippen molar-refractivity contribution in [1.29, 1.82) is 0 Å². The van der Waals surface area contributed by atoms with Crippen LogP contribution in [0, 0.1) is 5.92 Å². The molecule has 0 heterocycles. The molecule has 2 N–H and O–H groups in total. The van der Waals surface area contributed by atoms with Crippen LogP contribution in [0.2, 0.25) is 0 Å². The van der Waals surface area contributed by atoms with Crippen LogP contribution in [-0.2, 0) is 11.3 Å². The molecule has 0 aliphatic rings. The summed E-state index contributed by atoms with van der Waals surface area (Å²) in [5, 5.41) is 17.9. The van der Waals surface area contributed by atoms with Crippen LogP contribution in [0.1, 0.15) is 18.9 Å². The summed E-state index contributed by atoms with van der Waals surface area (Å²) in [5.41, 5.74) is 1.15. The molecule has 0 bridgehead atoms. The quantitative estimate of drug-likeness (QED) is 0.739. The van der Waals surface area contributed by atoms with E-state index in [1.165, 1.54) is 0 Å². The third kappa shape index (κ3) is 5.26. The maximum Gasteiger partial charge on any atom is 0.0774 e. The molecule has 0 fully saturated rings. The molecule has 2 atom stereocenters. The molecule has 1 aromatic rings. The second-order valence-electron chi connectivity index (χ2n) is 4.18. The topological polar surface area (TPSA) is 49.7 Å². The second-order valence-corrected chi connectivity index (χ2v) is 4.18. The molecular formula is C13H20O3. The monoisotopic (exact) mass is 224 g/mol. The molecule has 0 amide bonds. The van der Waals surface area contributed by atoms with Gasteiger partial charge in [0.05, 0.1) is 19.3 Å². The fraction of sp³-hybridized carbons (Fsp3) is 0.538. The number of ether oxygens (including phenoxy) is 1. The summed E-state index contributed by atoms with van der Waals surface area (Å²) in [6, 6.07) is 9.99. The zero-order chi connectivity index (χ0) is 11.8. The van der Waals surface area contributed by atoms with Gasteiger partial charge in [0.15, 0.2) is 0 Å². The standard InChI is InChI=1S/C13H20O3/c1-11(7-13(15)8-14)9-16-10-12-5-3-2-4-6-12/h2-6,11,13-15H,7-10H2,1H3/t11-,13+/m1/s1. The van der Waals surface area contributed by atoms with Crippen molar-refractivity contribution < 1.29 is 14.9 Å². The lowest BCUT2D eigenvalue weighted by Crippen LogP contribution is -2.18. The Morgan fingerprint density at radius 1 is 1.25 bits per heavy atom. The van der Waals surface area contributed by atoms with Crippen LogP contribution in [0.15, 0.2) is 30.3 Å². The van der Waals surface area contributed by atoms with Crippen molar-refractivity contribution in [3.8, 4) is 0 Å². The van der Waals surface area contributed by atoms with Gasteiger partial charge in [-0.2, -0.15) is 0 Å². The maximum atomic E-state index is 9.24. The molecular weight excluding hydrogens is 204 g/mol. The van der Waals surface area contributed by atoms with Crippen LogP contribution in [0.5, 0.6) is 0 Å². The predicted molar refractivity (Wildman–Crippen MR) is 63.0 cm³/mol. The molecule has 90 valence electrons. The van der Waals surface area contributed by atoms with Gasteiger partial charge in [-0.05, 0) is 17.9 Å². The Morgan fingerprint density at radius 3 is 2.56 bits per heavy atom. The molecule has 1 aromatic carbocycles. The van der Waals surface area contributed by atoms with Gasteiger partial charge >= 0.3 is 0 Å². The van der Waals surface area contributed by atoms with Gasteiger partial charge in [0.2, 0.25) is 0 Å². The van der Waals surface area contributed by atoms with E-state index < -0.39 is 6.10 Å². The van der Waals surface area contributed by atoms with E-state index in [1.54, 1.807) is 0 Å². The van der Waals surface area contributed by atoms with Crippen LogP contribution in [0.4, 0.5) is 0 Å². The van der Waals surface area contributed by atoms with Crippen molar-refractivity contribution in [2.24, 2.45) is 5.92 Å². The normalized spacial score (nSPS) is 14.7. The summed E-state index contributed by atoms with van der Waals surface area (Å²) in [4.78, 5) is 0. The van der Waals surface area contributed by atoms with Crippen LogP contribution in [-0.4, -0.2) is 29.5 Å². The number of aliphatic hydroxyl groups is 2. The zero-order valence-corrected chi connectivity index (χ0v) is 9.67. The van der Waals surface area contributed by atoms with Crippen molar-refractivity contribution in [2.45, 2.75) is 26.1 Å². The maximum absolute atomic E-state index is 9.24. The minimum atomic E-state index is -0.629. The Morgan fingerprint density at radius 2 is 1.94 bits per heavy atom. The van der Waals surface area contributed by atoms with Crippen LogP contribution in [0.25, 0.3) is 0 Å². The van der Waals surface area contributed by atoms with E-state index in [0.717, 1.165) is 5.56 Å². The van der Waals surface area contributed by atoms with Gasteiger partial charge in [0.25, 0.3) is 0 Å². The fourth-order valence-electron chi connectivity index (χ4n) is 1.56. The lowest BCUT2D eigenvalue weighted by molar-refractivity contribution is 0.0422. The largest absolute Gasteiger partial charge is 0.394 e. The van der Waals surface area contributed by atoms with Gasteiger partial charge in [0.1, 0.15) is 0 Å². The van der Waals surface area contributed by atoms with Gasteiger partial charge in [-0.3, -0.25) is 0 Å². The van der Waals surface area contributed by atoms with Crippen molar-refractivity contribution in [2.75, 3.05) is 13.2 Å². The van der Waals surface area contributed by atoms with Crippen molar-refractivity contribution in [3.63, 3.8) is 0 Å². The van der Waals surface area contributed by atoms with Crippen LogP contribution >= 0.6 is 0 Å². The molecule has 0 aliphatic heterocycles. The van der Waals surface area contributed by atoms with Gasteiger partial charge < -0.3 is 14.9 Å². The number of rotatable bonds is 7. The molecule has 0 saturated carbocycles. The van der Waals surface area contributed by atoms with E-state index in [1.807, 2.05) is 37.3 Å². The smallest absolute Gasteiger partial charge is 0.0774 e. The predicted octanol–water partition coefficient (Wildman–Crippen LogP) is 1.58. The molecule has 0 aromatic heterocycles. The number of hydrogen-bond acceptors (Lipinski definition) is 3. The number of aliphatic hydroxyl groups excluding tert-OH is 2. The molecule has 3 heteroatoms. The lowest BCUT2D eigenvalue weighted by atomic mass is 10.1. The summed E-state index contributed by atoms with van der Waals surface area (Å²) < 4.78 is 5.53. The Balaban J connectivity index is 2.15. The van der Waals surface area contributed by atoms with E-state index in [0.29, 0.717) is 19.6 Å². The van der Waals surface area contributed by atoms with Crippen molar-refractivity contribution in [3.05, 3.63) is 35.9 Å². The highest BCUT2D eigenvalue weighted by Gasteiger charge is 2.09. The zero-order valence-electron chi connectivity index (χ0n) is 9.67. The second kappa shape index (κ2) is 7.39. The summed E-state index contributed by atoms with van der Waals surface area (Å²) in [5.74, 6) is 0.255. The minimum Gasteiger partial charge on any atom is -0.394 e. The first-order chi connectivity index (χ1) is 7.72. The molecule has 0 saturated heterocycles. The third-order valence-corrected chi connectivity index (χ3v) is 2.40. The molecule has 16 heavy (non-hydrogen) atoms. The molecule has 0 unspecified atom stereocenters. The van der Waals surface area contributed by atoms with E-state index >= 15 is 0 Å². The van der Waals surface area contributed by atoms with Crippen molar-refractivity contribution in [1.82, 2.24) is 0 Å². The van der Waals surface area contributed by atoms with Gasteiger partial charge in [-0.25, -0.2) is 0 Å². The average molecular weight is 224 g/mol. The van der Waals surface area contributed by atoms with Crippen LogP contribution in [0.3, 0.4) is 0 Å². The highest BCUT2D eigenvalue weighted by atomic mass is 16.5. The summed E-state index contributed by atoms with van der Waals surface area (Å²) in [6.07, 6.45) is -0.0546. The fourth-order valence-corrected chi connectivity index (χ4v) is 1.56. The van der Waals surface area contributed by atoms with E-state index in [4.69, 9.17) is 9.84 Å². The van der Waals surface area contributed by atoms with Gasteiger partial charge in [-0.1, -0.05) is 37.3 Å². The Hall–Kier alpha value is -0.900. The Kier molecular flexibility index (Phi) is 6.08. The molecule has 1 rings (SSSR count).